The normalized spacial score (nSPS) is 15.5. The third-order valence-corrected chi connectivity index (χ3v) is 4.53. The lowest BCUT2D eigenvalue weighted by molar-refractivity contribution is 0.224. The standard InChI is InChI=1S/C18H16N4OS/c1-11-7-3-4-8-12(11)16-19-14-10-6-5-9-13(14)15-17(23-16)20-18(24-2)22-21-15/h3-10,16,19H,1-2H3/t16-/m0/s1. The van der Waals surface area contributed by atoms with Crippen molar-refractivity contribution in [1.29, 1.82) is 0 Å². The van der Waals surface area contributed by atoms with Crippen molar-refractivity contribution in [2.45, 2.75) is 18.3 Å². The van der Waals surface area contributed by atoms with Crippen LogP contribution in [0.1, 0.15) is 17.4 Å². The Labute approximate surface area is 144 Å². The number of anilines is 1. The molecule has 6 heteroatoms. The first-order chi connectivity index (χ1) is 11.8. The Kier molecular flexibility index (Phi) is 3.82. The van der Waals surface area contributed by atoms with Crippen molar-refractivity contribution in [2.75, 3.05) is 11.6 Å². The van der Waals surface area contributed by atoms with Crippen LogP contribution in [0.5, 0.6) is 5.88 Å². The van der Waals surface area contributed by atoms with E-state index in [1.807, 2.05) is 42.7 Å². The number of fused-ring (bicyclic) bond motifs is 3. The summed E-state index contributed by atoms with van der Waals surface area (Å²) < 4.78 is 6.21. The third-order valence-electron chi connectivity index (χ3n) is 3.99. The van der Waals surface area contributed by atoms with Crippen LogP contribution in [0.2, 0.25) is 0 Å². The molecule has 0 unspecified atom stereocenters. The Bertz CT molecular complexity index is 900. The second-order valence-corrected chi connectivity index (χ2v) is 6.27. The van der Waals surface area contributed by atoms with Gasteiger partial charge in [0, 0.05) is 16.8 Å². The summed E-state index contributed by atoms with van der Waals surface area (Å²) in [5.41, 5.74) is 4.79. The zero-order valence-corrected chi connectivity index (χ0v) is 14.2. The maximum Gasteiger partial charge on any atom is 0.247 e. The van der Waals surface area contributed by atoms with E-state index >= 15 is 0 Å². The highest BCUT2D eigenvalue weighted by Gasteiger charge is 2.26. The van der Waals surface area contributed by atoms with E-state index in [-0.39, 0.29) is 6.23 Å². The van der Waals surface area contributed by atoms with Crippen LogP contribution in [-0.2, 0) is 0 Å². The van der Waals surface area contributed by atoms with E-state index in [1.54, 1.807) is 0 Å². The molecule has 0 saturated heterocycles. The summed E-state index contributed by atoms with van der Waals surface area (Å²) in [5, 5.41) is 12.6. The fourth-order valence-electron chi connectivity index (χ4n) is 2.76. The lowest BCUT2D eigenvalue weighted by Gasteiger charge is -2.20. The number of rotatable bonds is 2. The molecule has 24 heavy (non-hydrogen) atoms. The Morgan fingerprint density at radius 2 is 1.83 bits per heavy atom. The fourth-order valence-corrected chi connectivity index (χ4v) is 3.05. The van der Waals surface area contributed by atoms with Crippen molar-refractivity contribution in [3.8, 4) is 17.1 Å². The van der Waals surface area contributed by atoms with Crippen molar-refractivity contribution in [2.24, 2.45) is 0 Å². The Hall–Kier alpha value is -2.60. The first-order valence-corrected chi connectivity index (χ1v) is 8.85. The number of hydrogen-bond donors (Lipinski definition) is 1. The number of aromatic nitrogens is 3. The average Bonchev–Trinajstić information content (AvgIpc) is 2.78. The Morgan fingerprint density at radius 3 is 2.67 bits per heavy atom. The van der Waals surface area contributed by atoms with Crippen LogP contribution < -0.4 is 10.1 Å². The van der Waals surface area contributed by atoms with Crippen LogP contribution in [0.4, 0.5) is 5.69 Å². The molecule has 0 amide bonds. The van der Waals surface area contributed by atoms with Gasteiger partial charge in [-0.05, 0) is 24.8 Å². The van der Waals surface area contributed by atoms with E-state index in [4.69, 9.17) is 4.74 Å². The van der Waals surface area contributed by atoms with Crippen LogP contribution in [0.15, 0.2) is 53.7 Å². The van der Waals surface area contributed by atoms with Crippen molar-refractivity contribution >= 4 is 17.4 Å². The zero-order chi connectivity index (χ0) is 16.5. The maximum atomic E-state index is 6.21. The Balaban J connectivity index is 1.89. The van der Waals surface area contributed by atoms with E-state index in [0.29, 0.717) is 16.7 Å². The van der Waals surface area contributed by atoms with Gasteiger partial charge in [0.25, 0.3) is 0 Å². The predicted octanol–water partition coefficient (Wildman–Crippen LogP) is 4.07. The number of thioether (sulfide) groups is 1. The molecule has 0 radical (unpaired) electrons. The van der Waals surface area contributed by atoms with Gasteiger partial charge in [0.15, 0.2) is 11.9 Å². The van der Waals surface area contributed by atoms with Gasteiger partial charge in [-0.2, -0.15) is 4.98 Å². The van der Waals surface area contributed by atoms with Gasteiger partial charge in [0.2, 0.25) is 11.0 Å². The minimum atomic E-state index is -0.333. The molecule has 0 aliphatic carbocycles. The third kappa shape index (κ3) is 2.59. The summed E-state index contributed by atoms with van der Waals surface area (Å²) >= 11 is 1.44. The average molecular weight is 336 g/mol. The molecule has 1 N–H and O–H groups in total. The van der Waals surface area contributed by atoms with Crippen LogP contribution in [0.3, 0.4) is 0 Å². The van der Waals surface area contributed by atoms with E-state index in [9.17, 15) is 0 Å². The summed E-state index contributed by atoms with van der Waals surface area (Å²) in [7, 11) is 0. The fraction of sp³-hybridized carbons (Fsp3) is 0.167. The highest BCUT2D eigenvalue weighted by molar-refractivity contribution is 7.98. The van der Waals surface area contributed by atoms with Crippen molar-refractivity contribution in [3.63, 3.8) is 0 Å². The molecule has 0 spiro atoms. The molecule has 0 saturated carbocycles. The first-order valence-electron chi connectivity index (χ1n) is 7.63. The van der Waals surface area contributed by atoms with Gasteiger partial charge in [-0.15, -0.1) is 10.2 Å². The summed E-state index contributed by atoms with van der Waals surface area (Å²) in [6.07, 6.45) is 1.59. The monoisotopic (exact) mass is 336 g/mol. The summed E-state index contributed by atoms with van der Waals surface area (Å²) in [4.78, 5) is 4.52. The molecule has 1 aromatic heterocycles. The number of ether oxygens (including phenoxy) is 1. The van der Waals surface area contributed by atoms with E-state index < -0.39 is 0 Å². The minimum absolute atomic E-state index is 0.333. The van der Waals surface area contributed by atoms with E-state index in [1.165, 1.54) is 11.8 Å². The number of para-hydroxylation sites is 1. The number of hydrogen-bond acceptors (Lipinski definition) is 6. The molecule has 4 rings (SSSR count). The van der Waals surface area contributed by atoms with Crippen molar-refractivity contribution in [3.05, 3.63) is 59.7 Å². The SMILES string of the molecule is CSc1nnc2c(n1)O[C@@H](c1ccccc1C)Nc1ccccc1-2. The number of benzene rings is 2. The summed E-state index contributed by atoms with van der Waals surface area (Å²) in [5.74, 6) is 0.500. The van der Waals surface area contributed by atoms with Crippen LogP contribution in [0.25, 0.3) is 11.3 Å². The second kappa shape index (κ2) is 6.13. The van der Waals surface area contributed by atoms with Gasteiger partial charge in [-0.3, -0.25) is 0 Å². The molecule has 120 valence electrons. The Morgan fingerprint density at radius 1 is 1.04 bits per heavy atom. The van der Waals surface area contributed by atoms with Gasteiger partial charge >= 0.3 is 0 Å². The van der Waals surface area contributed by atoms with Gasteiger partial charge in [-0.1, -0.05) is 54.2 Å². The molecule has 2 heterocycles. The van der Waals surface area contributed by atoms with Gasteiger partial charge in [0.1, 0.15) is 0 Å². The quantitative estimate of drug-likeness (QED) is 0.712. The lowest BCUT2D eigenvalue weighted by atomic mass is 10.1. The summed E-state index contributed by atoms with van der Waals surface area (Å²) in [6, 6.07) is 16.1. The smallest absolute Gasteiger partial charge is 0.247 e. The molecule has 0 fully saturated rings. The lowest BCUT2D eigenvalue weighted by Crippen LogP contribution is -2.18. The summed E-state index contributed by atoms with van der Waals surface area (Å²) in [6.45, 7) is 2.07. The zero-order valence-electron chi connectivity index (χ0n) is 13.4. The first kappa shape index (κ1) is 15.0. The number of nitrogens with zero attached hydrogens (tertiary/aromatic N) is 3. The van der Waals surface area contributed by atoms with Crippen LogP contribution in [-0.4, -0.2) is 21.4 Å². The van der Waals surface area contributed by atoms with Crippen molar-refractivity contribution < 1.29 is 4.74 Å². The maximum absolute atomic E-state index is 6.21. The molecule has 1 aliphatic rings. The molecule has 1 aliphatic heterocycles. The van der Waals surface area contributed by atoms with Gasteiger partial charge < -0.3 is 10.1 Å². The second-order valence-electron chi connectivity index (χ2n) is 5.50. The largest absolute Gasteiger partial charge is 0.448 e. The molecule has 1 atom stereocenters. The number of nitrogens with one attached hydrogen (secondary N) is 1. The van der Waals surface area contributed by atoms with Gasteiger partial charge in [0.05, 0.1) is 0 Å². The molecule has 0 bridgehead atoms. The van der Waals surface area contributed by atoms with Gasteiger partial charge in [-0.25, -0.2) is 0 Å². The topological polar surface area (TPSA) is 59.9 Å². The number of aryl methyl sites for hydroxylation is 1. The highest BCUT2D eigenvalue weighted by Crippen LogP contribution is 2.39. The molecular formula is C18H16N4OS. The minimum Gasteiger partial charge on any atom is -0.448 e. The van der Waals surface area contributed by atoms with Crippen LogP contribution in [0, 0.1) is 6.92 Å². The van der Waals surface area contributed by atoms with Crippen molar-refractivity contribution in [1.82, 2.24) is 15.2 Å². The highest BCUT2D eigenvalue weighted by atomic mass is 32.2. The molecule has 3 aromatic rings. The molecule has 2 aromatic carbocycles. The molecule has 5 nitrogen and oxygen atoms in total. The van der Waals surface area contributed by atoms with Crippen LogP contribution >= 0.6 is 11.8 Å². The predicted molar refractivity (Wildman–Crippen MR) is 95.2 cm³/mol. The molecular weight excluding hydrogens is 320 g/mol. The van der Waals surface area contributed by atoms with E-state index in [2.05, 4.69) is 39.6 Å². The van der Waals surface area contributed by atoms with E-state index in [0.717, 1.165) is 22.4 Å².